The first-order valence-electron chi connectivity index (χ1n) is 10.8. The molecule has 4 nitrogen and oxygen atoms in total. The summed E-state index contributed by atoms with van der Waals surface area (Å²) < 4.78 is 17.0. The second-order valence-corrected chi connectivity index (χ2v) is 8.04. The maximum atomic E-state index is 12.9. The van der Waals surface area contributed by atoms with Crippen molar-refractivity contribution in [3.05, 3.63) is 95.0 Å². The third-order valence-electron chi connectivity index (χ3n) is 4.97. The number of rotatable bonds is 11. The molecular weight excluding hydrogens is 424 g/mol. The lowest BCUT2D eigenvalue weighted by Crippen LogP contribution is -2.33. The van der Waals surface area contributed by atoms with Crippen molar-refractivity contribution in [1.29, 1.82) is 0 Å². The van der Waals surface area contributed by atoms with Crippen LogP contribution in [0, 0.1) is 0 Å². The first-order chi connectivity index (χ1) is 15.5. The van der Waals surface area contributed by atoms with E-state index in [0.717, 1.165) is 22.3 Å². The number of ether oxygens (including phenoxy) is 3. The summed E-state index contributed by atoms with van der Waals surface area (Å²) in [5.41, 5.74) is 4.03. The number of hydrogen-bond acceptors (Lipinski definition) is 4. The van der Waals surface area contributed by atoms with Crippen LogP contribution in [0.2, 0.25) is 5.02 Å². The molecule has 1 unspecified atom stereocenters. The van der Waals surface area contributed by atoms with Gasteiger partial charge in [-0.15, -0.1) is 0 Å². The molecule has 0 aliphatic carbocycles. The molecular formula is C27H29ClO4. The van der Waals surface area contributed by atoms with Crippen molar-refractivity contribution in [2.45, 2.75) is 39.1 Å². The Morgan fingerprint density at radius 1 is 0.906 bits per heavy atom. The van der Waals surface area contributed by atoms with Crippen molar-refractivity contribution in [3.8, 4) is 11.1 Å². The topological polar surface area (TPSA) is 44.8 Å². The zero-order chi connectivity index (χ0) is 22.8. The Labute approximate surface area is 195 Å². The third kappa shape index (κ3) is 7.49. The van der Waals surface area contributed by atoms with Gasteiger partial charge < -0.3 is 14.2 Å². The van der Waals surface area contributed by atoms with E-state index in [1.165, 1.54) is 0 Å². The first kappa shape index (κ1) is 24.0. The highest BCUT2D eigenvalue weighted by molar-refractivity contribution is 6.30. The molecule has 0 N–H and O–H groups in total. The van der Waals surface area contributed by atoms with E-state index < -0.39 is 6.10 Å². The van der Waals surface area contributed by atoms with Gasteiger partial charge in [-0.25, -0.2) is 4.79 Å². The molecule has 0 saturated heterocycles. The molecule has 168 valence electrons. The van der Waals surface area contributed by atoms with Crippen molar-refractivity contribution in [2.75, 3.05) is 13.2 Å². The minimum atomic E-state index is -0.716. The fourth-order valence-corrected chi connectivity index (χ4v) is 3.52. The summed E-state index contributed by atoms with van der Waals surface area (Å²) in [5, 5.41) is 0.699. The highest BCUT2D eigenvalue weighted by Crippen LogP contribution is 2.23. The van der Waals surface area contributed by atoms with Crippen LogP contribution in [0.4, 0.5) is 0 Å². The molecule has 5 heteroatoms. The highest BCUT2D eigenvalue weighted by atomic mass is 35.5. The summed E-state index contributed by atoms with van der Waals surface area (Å²) in [7, 11) is 0. The molecule has 3 rings (SSSR count). The maximum Gasteiger partial charge on any atom is 0.335 e. The molecule has 0 saturated carbocycles. The van der Waals surface area contributed by atoms with Crippen molar-refractivity contribution in [3.63, 3.8) is 0 Å². The Morgan fingerprint density at radius 3 is 2.34 bits per heavy atom. The number of carbonyl (C=O) groups is 1. The molecule has 0 aromatic heterocycles. The van der Waals surface area contributed by atoms with Crippen molar-refractivity contribution in [2.24, 2.45) is 0 Å². The smallest absolute Gasteiger partial charge is 0.335 e. The van der Waals surface area contributed by atoms with Crippen molar-refractivity contribution < 1.29 is 19.0 Å². The molecule has 0 spiro atoms. The number of hydrogen-bond donors (Lipinski definition) is 0. The van der Waals surface area contributed by atoms with Gasteiger partial charge in [0.05, 0.1) is 12.7 Å². The van der Waals surface area contributed by atoms with Gasteiger partial charge in [0.15, 0.2) is 6.10 Å². The zero-order valence-electron chi connectivity index (χ0n) is 18.5. The quantitative estimate of drug-likeness (QED) is 0.329. The van der Waals surface area contributed by atoms with Gasteiger partial charge in [0, 0.05) is 18.1 Å². The highest BCUT2D eigenvalue weighted by Gasteiger charge is 2.24. The lowest BCUT2D eigenvalue weighted by Gasteiger charge is -2.21. The lowest BCUT2D eigenvalue weighted by molar-refractivity contribution is -0.163. The summed E-state index contributed by atoms with van der Waals surface area (Å²) in [5.74, 6) is -0.379. The minimum Gasteiger partial charge on any atom is -0.459 e. The van der Waals surface area contributed by atoms with Gasteiger partial charge in [-0.1, -0.05) is 78.3 Å². The second kappa shape index (κ2) is 12.4. The standard InChI is InChI=1S/C27H29ClO4/c1-3-30-18-20(2)32-26(27(29)31-19-22-8-5-4-6-9-22)16-21-12-14-23(15-13-21)24-10-7-11-25(28)17-24/h4-15,17,20,26H,3,16,18-19H2,1-2H3/t20-,26?/m0/s1. The van der Waals surface area contributed by atoms with Gasteiger partial charge in [-0.2, -0.15) is 0 Å². The molecule has 2 atom stereocenters. The minimum absolute atomic E-state index is 0.215. The van der Waals surface area contributed by atoms with Crippen LogP contribution in [0.1, 0.15) is 25.0 Å². The molecule has 0 aliphatic heterocycles. The largest absolute Gasteiger partial charge is 0.459 e. The molecule has 0 fully saturated rings. The van der Waals surface area contributed by atoms with Crippen LogP contribution >= 0.6 is 11.6 Å². The van der Waals surface area contributed by atoms with Crippen LogP contribution in [-0.4, -0.2) is 31.4 Å². The van der Waals surface area contributed by atoms with Crippen LogP contribution in [0.5, 0.6) is 0 Å². The van der Waals surface area contributed by atoms with Gasteiger partial charge in [-0.3, -0.25) is 0 Å². The zero-order valence-corrected chi connectivity index (χ0v) is 19.3. The Kier molecular flexibility index (Phi) is 9.29. The van der Waals surface area contributed by atoms with Gasteiger partial charge in [0.2, 0.25) is 0 Å². The molecule has 32 heavy (non-hydrogen) atoms. The van der Waals surface area contributed by atoms with Crippen LogP contribution in [0.15, 0.2) is 78.9 Å². The van der Waals surface area contributed by atoms with Gasteiger partial charge in [0.25, 0.3) is 0 Å². The van der Waals surface area contributed by atoms with E-state index in [9.17, 15) is 4.79 Å². The monoisotopic (exact) mass is 452 g/mol. The normalized spacial score (nSPS) is 12.8. The number of esters is 1. The summed E-state index contributed by atoms with van der Waals surface area (Å²) in [4.78, 5) is 12.9. The summed E-state index contributed by atoms with van der Waals surface area (Å²) >= 11 is 6.11. The fraction of sp³-hybridized carbons (Fsp3) is 0.296. The second-order valence-electron chi connectivity index (χ2n) is 7.60. The van der Waals surface area contributed by atoms with E-state index in [4.69, 9.17) is 25.8 Å². The van der Waals surface area contributed by atoms with Crippen molar-refractivity contribution in [1.82, 2.24) is 0 Å². The Hall–Kier alpha value is -2.66. The van der Waals surface area contributed by atoms with Gasteiger partial charge >= 0.3 is 5.97 Å². The fourth-order valence-electron chi connectivity index (χ4n) is 3.33. The summed E-state index contributed by atoms with van der Waals surface area (Å²) in [6, 6.07) is 25.4. The predicted molar refractivity (Wildman–Crippen MR) is 128 cm³/mol. The Bertz CT molecular complexity index is 972. The van der Waals surface area contributed by atoms with Gasteiger partial charge in [-0.05, 0) is 48.2 Å². The summed E-state index contributed by atoms with van der Waals surface area (Å²) in [6.45, 7) is 5.07. The molecule has 0 bridgehead atoms. The van der Waals surface area contributed by atoms with Crippen LogP contribution < -0.4 is 0 Å². The Balaban J connectivity index is 1.68. The molecule has 0 amide bonds. The van der Waals surface area contributed by atoms with E-state index >= 15 is 0 Å². The van der Waals surface area contributed by atoms with Crippen LogP contribution in [-0.2, 0) is 32.0 Å². The van der Waals surface area contributed by atoms with E-state index in [0.29, 0.717) is 24.7 Å². The maximum absolute atomic E-state index is 12.9. The number of carbonyl (C=O) groups excluding carboxylic acids is 1. The average Bonchev–Trinajstić information content (AvgIpc) is 2.82. The van der Waals surface area contributed by atoms with E-state index in [-0.39, 0.29) is 18.7 Å². The predicted octanol–water partition coefficient (Wildman–Crippen LogP) is 6.10. The Morgan fingerprint density at radius 2 is 1.66 bits per heavy atom. The van der Waals surface area contributed by atoms with Gasteiger partial charge in [0.1, 0.15) is 6.61 Å². The SMILES string of the molecule is CCOC[C@H](C)OC(Cc1ccc(-c2cccc(Cl)c2)cc1)C(=O)OCc1ccccc1. The average molecular weight is 453 g/mol. The molecule has 0 heterocycles. The summed E-state index contributed by atoms with van der Waals surface area (Å²) in [6.07, 6.45) is -0.527. The third-order valence-corrected chi connectivity index (χ3v) is 5.21. The molecule has 3 aromatic rings. The molecule has 3 aromatic carbocycles. The molecule has 0 radical (unpaired) electrons. The molecule has 0 aliphatic rings. The van der Waals surface area contributed by atoms with Crippen molar-refractivity contribution >= 4 is 17.6 Å². The number of benzene rings is 3. The first-order valence-corrected chi connectivity index (χ1v) is 11.2. The lowest BCUT2D eigenvalue weighted by atomic mass is 10.0. The number of halogens is 1. The van der Waals surface area contributed by atoms with E-state index in [2.05, 4.69) is 0 Å². The van der Waals surface area contributed by atoms with Crippen LogP contribution in [0.3, 0.4) is 0 Å². The van der Waals surface area contributed by atoms with Crippen LogP contribution in [0.25, 0.3) is 11.1 Å². The van der Waals surface area contributed by atoms with E-state index in [1.54, 1.807) is 0 Å². The van der Waals surface area contributed by atoms with E-state index in [1.807, 2.05) is 92.7 Å².